The van der Waals surface area contributed by atoms with Crippen LogP contribution in [0.25, 0.3) is 10.2 Å². The van der Waals surface area contributed by atoms with Gasteiger partial charge in [0.25, 0.3) is 0 Å². The van der Waals surface area contributed by atoms with Crippen LogP contribution in [0.15, 0.2) is 18.2 Å². The molecule has 0 spiro atoms. The van der Waals surface area contributed by atoms with Crippen LogP contribution in [0.4, 0.5) is 0 Å². The first kappa shape index (κ1) is 14.6. The maximum absolute atomic E-state index is 5.96. The van der Waals surface area contributed by atoms with Gasteiger partial charge in [-0.3, -0.25) is 0 Å². The second kappa shape index (κ2) is 5.57. The minimum Gasteiger partial charge on any atom is -0.379 e. The second-order valence-corrected chi connectivity index (χ2v) is 7.90. The number of thiazole rings is 1. The zero-order chi connectivity index (χ0) is 15.2. The number of benzene rings is 1. The normalized spacial score (nSPS) is 27.7. The molecule has 0 aliphatic carbocycles. The highest BCUT2D eigenvalue weighted by atomic mass is 32.1. The van der Waals surface area contributed by atoms with E-state index in [0.717, 1.165) is 23.0 Å². The standard InChI is InChI=1S/C17H23N3OS/c1-11-2-4-13(19-7-11)12-3-5-15-14(6-12)20-16(22-15)17(8-18)9-21-10-17/h3,5-6,11,13,19H,2,4,7-10,18H2,1H3/t11-,13+/m0/s1. The third-order valence-electron chi connectivity index (χ3n) is 5.08. The fourth-order valence-corrected chi connectivity index (χ4v) is 4.46. The highest BCUT2D eigenvalue weighted by Gasteiger charge is 2.42. The van der Waals surface area contributed by atoms with E-state index in [2.05, 4.69) is 30.4 Å². The molecule has 0 radical (unpaired) electrons. The Morgan fingerprint density at radius 2 is 2.27 bits per heavy atom. The Morgan fingerprint density at radius 1 is 1.41 bits per heavy atom. The molecule has 5 heteroatoms. The van der Waals surface area contributed by atoms with Gasteiger partial charge in [0.2, 0.25) is 0 Å². The van der Waals surface area contributed by atoms with Crippen LogP contribution in [-0.4, -0.2) is 31.3 Å². The molecule has 2 saturated heterocycles. The van der Waals surface area contributed by atoms with Crippen molar-refractivity contribution in [3.8, 4) is 0 Å². The van der Waals surface area contributed by atoms with Crippen LogP contribution in [0, 0.1) is 5.92 Å². The molecule has 118 valence electrons. The van der Waals surface area contributed by atoms with E-state index in [1.54, 1.807) is 11.3 Å². The zero-order valence-electron chi connectivity index (χ0n) is 13.0. The Balaban J connectivity index is 1.63. The number of nitrogens with zero attached hydrogens (tertiary/aromatic N) is 1. The predicted molar refractivity (Wildman–Crippen MR) is 90.3 cm³/mol. The molecule has 1 aromatic carbocycles. The van der Waals surface area contributed by atoms with E-state index >= 15 is 0 Å². The number of nitrogens with two attached hydrogens (primary N) is 1. The number of fused-ring (bicyclic) bond motifs is 1. The van der Waals surface area contributed by atoms with Gasteiger partial charge >= 0.3 is 0 Å². The lowest BCUT2D eigenvalue weighted by Gasteiger charge is -2.38. The summed E-state index contributed by atoms with van der Waals surface area (Å²) in [5, 5.41) is 4.79. The molecule has 0 amide bonds. The lowest BCUT2D eigenvalue weighted by molar-refractivity contribution is -0.0550. The summed E-state index contributed by atoms with van der Waals surface area (Å²) in [5.74, 6) is 0.786. The van der Waals surface area contributed by atoms with Gasteiger partial charge in [-0.15, -0.1) is 11.3 Å². The molecule has 2 aromatic rings. The smallest absolute Gasteiger partial charge is 0.106 e. The van der Waals surface area contributed by atoms with Crippen LogP contribution in [0.1, 0.15) is 36.4 Å². The zero-order valence-corrected chi connectivity index (χ0v) is 13.8. The van der Waals surface area contributed by atoms with Crippen molar-refractivity contribution in [2.45, 2.75) is 31.2 Å². The van der Waals surface area contributed by atoms with Crippen LogP contribution < -0.4 is 11.1 Å². The van der Waals surface area contributed by atoms with Crippen LogP contribution in [0.5, 0.6) is 0 Å². The summed E-state index contributed by atoms with van der Waals surface area (Å²) >= 11 is 1.77. The molecule has 2 atom stereocenters. The molecule has 22 heavy (non-hydrogen) atoms. The average molecular weight is 317 g/mol. The van der Waals surface area contributed by atoms with E-state index in [-0.39, 0.29) is 5.41 Å². The van der Waals surface area contributed by atoms with E-state index in [9.17, 15) is 0 Å². The van der Waals surface area contributed by atoms with E-state index in [4.69, 9.17) is 15.5 Å². The van der Waals surface area contributed by atoms with Gasteiger partial charge in [-0.1, -0.05) is 13.0 Å². The lowest BCUT2D eigenvalue weighted by Crippen LogP contribution is -2.52. The van der Waals surface area contributed by atoms with Crippen molar-refractivity contribution in [3.05, 3.63) is 28.8 Å². The van der Waals surface area contributed by atoms with Crippen LogP contribution in [-0.2, 0) is 10.2 Å². The molecule has 3 heterocycles. The quantitative estimate of drug-likeness (QED) is 0.913. The van der Waals surface area contributed by atoms with Crippen molar-refractivity contribution in [3.63, 3.8) is 0 Å². The maximum atomic E-state index is 5.96. The SMILES string of the molecule is C[C@H]1CC[C@H](c2ccc3sc(C4(CN)COC4)nc3c2)NC1. The summed E-state index contributed by atoms with van der Waals surface area (Å²) in [4.78, 5) is 4.88. The topological polar surface area (TPSA) is 60.2 Å². The van der Waals surface area contributed by atoms with Crippen molar-refractivity contribution in [2.24, 2.45) is 11.7 Å². The summed E-state index contributed by atoms with van der Waals surface area (Å²) in [6.45, 7) is 5.45. The van der Waals surface area contributed by atoms with E-state index in [1.165, 1.54) is 23.1 Å². The van der Waals surface area contributed by atoms with Crippen molar-refractivity contribution < 1.29 is 4.74 Å². The van der Waals surface area contributed by atoms with Gasteiger partial charge in [-0.25, -0.2) is 4.98 Å². The van der Waals surface area contributed by atoms with Crippen molar-refractivity contribution >= 4 is 21.6 Å². The molecule has 2 aliphatic rings. The minimum absolute atomic E-state index is 0.0393. The summed E-state index contributed by atoms with van der Waals surface area (Å²) in [6, 6.07) is 7.20. The number of nitrogens with one attached hydrogen (secondary N) is 1. The Morgan fingerprint density at radius 3 is 2.91 bits per heavy atom. The summed E-state index contributed by atoms with van der Waals surface area (Å²) in [7, 11) is 0. The first-order chi connectivity index (χ1) is 10.7. The Hall–Kier alpha value is -1.01. The van der Waals surface area contributed by atoms with E-state index in [1.807, 2.05) is 0 Å². The molecule has 0 unspecified atom stereocenters. The van der Waals surface area contributed by atoms with Crippen LogP contribution in [0.2, 0.25) is 0 Å². The van der Waals surface area contributed by atoms with E-state index < -0.39 is 0 Å². The minimum atomic E-state index is -0.0393. The van der Waals surface area contributed by atoms with Crippen LogP contribution in [0.3, 0.4) is 0 Å². The molecule has 2 aliphatic heterocycles. The Labute approximate surface area is 135 Å². The molecule has 1 aromatic heterocycles. The number of aromatic nitrogens is 1. The van der Waals surface area contributed by atoms with Gasteiger partial charge in [0.1, 0.15) is 5.01 Å². The molecule has 4 rings (SSSR count). The molecular formula is C17H23N3OS. The molecule has 3 N–H and O–H groups in total. The number of piperidine rings is 1. The number of hydrogen-bond donors (Lipinski definition) is 2. The first-order valence-electron chi connectivity index (χ1n) is 8.12. The molecule has 2 fully saturated rings. The fourth-order valence-electron chi connectivity index (χ4n) is 3.35. The third-order valence-corrected chi connectivity index (χ3v) is 6.36. The van der Waals surface area contributed by atoms with Crippen molar-refractivity contribution in [1.82, 2.24) is 10.3 Å². The molecule has 4 nitrogen and oxygen atoms in total. The highest BCUT2D eigenvalue weighted by molar-refractivity contribution is 7.18. The van der Waals surface area contributed by atoms with Crippen LogP contribution >= 0.6 is 11.3 Å². The average Bonchev–Trinajstić information content (AvgIpc) is 2.90. The largest absolute Gasteiger partial charge is 0.379 e. The van der Waals surface area contributed by atoms with E-state index in [0.29, 0.717) is 25.8 Å². The van der Waals surface area contributed by atoms with Gasteiger partial charge in [0, 0.05) is 12.6 Å². The molecule has 0 saturated carbocycles. The van der Waals surface area contributed by atoms with Gasteiger partial charge in [0.15, 0.2) is 0 Å². The Bertz CT molecular complexity index is 666. The summed E-state index contributed by atoms with van der Waals surface area (Å²) in [6.07, 6.45) is 2.51. The van der Waals surface area contributed by atoms with Gasteiger partial charge in [-0.05, 0) is 43.0 Å². The third kappa shape index (κ3) is 2.36. The monoisotopic (exact) mass is 317 g/mol. The molecular weight excluding hydrogens is 294 g/mol. The van der Waals surface area contributed by atoms with Crippen molar-refractivity contribution in [1.29, 1.82) is 0 Å². The second-order valence-electron chi connectivity index (χ2n) is 6.87. The lowest BCUT2D eigenvalue weighted by atomic mass is 9.87. The maximum Gasteiger partial charge on any atom is 0.106 e. The number of ether oxygens (including phenoxy) is 1. The number of rotatable bonds is 3. The fraction of sp³-hybridized carbons (Fsp3) is 0.588. The highest BCUT2D eigenvalue weighted by Crippen LogP contribution is 2.37. The summed E-state index contributed by atoms with van der Waals surface area (Å²) < 4.78 is 6.64. The van der Waals surface area contributed by atoms with Gasteiger partial charge in [0.05, 0.1) is 28.8 Å². The van der Waals surface area contributed by atoms with Crippen molar-refractivity contribution in [2.75, 3.05) is 26.3 Å². The molecule has 0 bridgehead atoms. The first-order valence-corrected chi connectivity index (χ1v) is 8.94. The Kier molecular flexibility index (Phi) is 3.69. The predicted octanol–water partition coefficient (Wildman–Crippen LogP) is 2.58. The van der Waals surface area contributed by atoms with Gasteiger partial charge in [-0.2, -0.15) is 0 Å². The summed E-state index contributed by atoms with van der Waals surface area (Å²) in [5.41, 5.74) is 8.39. The van der Waals surface area contributed by atoms with Gasteiger partial charge < -0.3 is 15.8 Å². The number of hydrogen-bond acceptors (Lipinski definition) is 5.